The fraction of sp³-hybridized carbons (Fsp3) is 0.417. The van der Waals surface area contributed by atoms with Gasteiger partial charge >= 0.3 is 10.2 Å². The number of nitrogens with one attached hydrogen (secondary N) is 1. The normalized spacial score (nSPS) is 18.4. The number of rotatable bonds is 3. The first-order chi connectivity index (χ1) is 8.40. The van der Waals surface area contributed by atoms with Gasteiger partial charge in [0.2, 0.25) is 5.91 Å². The molecule has 1 aliphatic carbocycles. The van der Waals surface area contributed by atoms with E-state index in [-0.39, 0.29) is 16.8 Å². The average molecular weight is 271 g/mol. The molecular formula is C12H14FNO3S. The summed E-state index contributed by atoms with van der Waals surface area (Å²) in [6.07, 6.45) is 1.62. The van der Waals surface area contributed by atoms with Crippen molar-refractivity contribution in [2.75, 3.05) is 0 Å². The van der Waals surface area contributed by atoms with Crippen LogP contribution in [0.25, 0.3) is 0 Å². The molecule has 0 aliphatic heterocycles. The van der Waals surface area contributed by atoms with Crippen LogP contribution in [0.3, 0.4) is 0 Å². The molecular weight excluding hydrogens is 257 g/mol. The summed E-state index contributed by atoms with van der Waals surface area (Å²) in [4.78, 5) is 11.0. The van der Waals surface area contributed by atoms with Crippen LogP contribution >= 0.6 is 0 Å². The number of amides is 1. The molecule has 2 rings (SSSR count). The number of carbonyl (C=O) groups is 1. The van der Waals surface area contributed by atoms with Gasteiger partial charge in [0.15, 0.2) is 0 Å². The van der Waals surface area contributed by atoms with E-state index in [0.29, 0.717) is 19.3 Å². The van der Waals surface area contributed by atoms with Crippen LogP contribution in [0.1, 0.15) is 24.5 Å². The predicted octanol–water partition coefficient (Wildman–Crippen LogP) is 1.34. The van der Waals surface area contributed by atoms with Crippen molar-refractivity contribution in [2.45, 2.75) is 37.1 Å². The fourth-order valence-corrected chi connectivity index (χ4v) is 2.69. The summed E-state index contributed by atoms with van der Waals surface area (Å²) in [7, 11) is -4.66. The Labute approximate surface area is 105 Å². The van der Waals surface area contributed by atoms with Gasteiger partial charge in [-0.2, -0.15) is 8.42 Å². The molecule has 1 aliphatic rings. The third-order valence-corrected chi connectivity index (χ3v) is 3.90. The monoisotopic (exact) mass is 271 g/mol. The van der Waals surface area contributed by atoms with E-state index < -0.39 is 10.2 Å². The molecule has 1 N–H and O–H groups in total. The van der Waals surface area contributed by atoms with Crippen molar-refractivity contribution in [3.63, 3.8) is 0 Å². The molecule has 1 aromatic carbocycles. The van der Waals surface area contributed by atoms with Crippen LogP contribution in [0.2, 0.25) is 0 Å². The van der Waals surface area contributed by atoms with Crippen molar-refractivity contribution in [3.05, 3.63) is 29.3 Å². The molecule has 1 amide bonds. The Morgan fingerprint density at radius 1 is 1.39 bits per heavy atom. The molecule has 0 bridgehead atoms. The van der Waals surface area contributed by atoms with Gasteiger partial charge in [-0.1, -0.05) is 13.0 Å². The Hall–Kier alpha value is -1.43. The van der Waals surface area contributed by atoms with Gasteiger partial charge < -0.3 is 5.32 Å². The Kier molecular flexibility index (Phi) is 3.38. The molecule has 0 saturated heterocycles. The minimum absolute atomic E-state index is 0.0231. The summed E-state index contributed by atoms with van der Waals surface area (Å²) < 4.78 is 34.5. The van der Waals surface area contributed by atoms with Crippen molar-refractivity contribution in [3.8, 4) is 0 Å². The Balaban J connectivity index is 2.18. The number of carbonyl (C=O) groups excluding carboxylic acids is 1. The van der Waals surface area contributed by atoms with Crippen LogP contribution < -0.4 is 5.32 Å². The SMILES string of the molecule is CCC(=O)NC1Cc2ccc(S(=O)(=O)F)cc2C1. The van der Waals surface area contributed by atoms with Crippen molar-refractivity contribution in [1.29, 1.82) is 0 Å². The zero-order valence-electron chi connectivity index (χ0n) is 9.94. The standard InChI is InChI=1S/C12H14FNO3S/c1-2-12(15)14-10-5-8-3-4-11(18(13,16)17)7-9(8)6-10/h3-4,7,10H,2,5-6H2,1H3,(H,14,15). The lowest BCUT2D eigenvalue weighted by atomic mass is 10.1. The van der Waals surface area contributed by atoms with Gasteiger partial charge in [-0.15, -0.1) is 3.89 Å². The number of fused-ring (bicyclic) bond motifs is 1. The number of halogens is 1. The predicted molar refractivity (Wildman–Crippen MR) is 64.4 cm³/mol. The molecule has 98 valence electrons. The van der Waals surface area contributed by atoms with E-state index in [9.17, 15) is 17.1 Å². The molecule has 1 atom stereocenters. The van der Waals surface area contributed by atoms with Crippen molar-refractivity contribution >= 4 is 16.1 Å². The molecule has 0 saturated carbocycles. The second-order valence-corrected chi connectivity index (χ2v) is 5.74. The van der Waals surface area contributed by atoms with Gasteiger partial charge in [0.25, 0.3) is 0 Å². The first-order valence-corrected chi connectivity index (χ1v) is 7.14. The zero-order valence-corrected chi connectivity index (χ0v) is 10.8. The quantitative estimate of drug-likeness (QED) is 0.844. The highest BCUT2D eigenvalue weighted by Crippen LogP contribution is 2.26. The maximum atomic E-state index is 12.9. The Morgan fingerprint density at radius 3 is 2.67 bits per heavy atom. The highest BCUT2D eigenvalue weighted by Gasteiger charge is 2.24. The maximum absolute atomic E-state index is 12.9. The van der Waals surface area contributed by atoms with Gasteiger partial charge in [0.1, 0.15) is 0 Å². The summed E-state index contributed by atoms with van der Waals surface area (Å²) >= 11 is 0. The lowest BCUT2D eigenvalue weighted by Crippen LogP contribution is -2.34. The molecule has 0 aromatic heterocycles. The third kappa shape index (κ3) is 2.69. The molecule has 4 nitrogen and oxygen atoms in total. The summed E-state index contributed by atoms with van der Waals surface area (Å²) in [5.41, 5.74) is 1.75. The maximum Gasteiger partial charge on any atom is 0.332 e. The van der Waals surface area contributed by atoms with Gasteiger partial charge in [-0.3, -0.25) is 4.79 Å². The lowest BCUT2D eigenvalue weighted by molar-refractivity contribution is -0.121. The third-order valence-electron chi connectivity index (χ3n) is 3.08. The first kappa shape index (κ1) is 13.0. The van der Waals surface area contributed by atoms with Crippen molar-refractivity contribution in [1.82, 2.24) is 5.32 Å². The van der Waals surface area contributed by atoms with Crippen molar-refractivity contribution < 1.29 is 17.1 Å². The van der Waals surface area contributed by atoms with E-state index >= 15 is 0 Å². The summed E-state index contributed by atoms with van der Waals surface area (Å²) in [5.74, 6) is -0.0360. The van der Waals surface area contributed by atoms with Gasteiger partial charge in [0.05, 0.1) is 4.90 Å². The molecule has 18 heavy (non-hydrogen) atoms. The summed E-state index contributed by atoms with van der Waals surface area (Å²) in [6, 6.07) is 4.20. The smallest absolute Gasteiger partial charge is 0.332 e. The molecule has 1 aromatic rings. The number of benzene rings is 1. The molecule has 0 spiro atoms. The van der Waals surface area contributed by atoms with Crippen LogP contribution in [-0.4, -0.2) is 20.4 Å². The van der Waals surface area contributed by atoms with Crippen LogP contribution in [-0.2, 0) is 27.9 Å². The second-order valence-electron chi connectivity index (χ2n) is 4.39. The van der Waals surface area contributed by atoms with Gasteiger partial charge in [-0.05, 0) is 36.1 Å². The largest absolute Gasteiger partial charge is 0.353 e. The van der Waals surface area contributed by atoms with Crippen LogP contribution in [0.15, 0.2) is 23.1 Å². The van der Waals surface area contributed by atoms with E-state index in [1.165, 1.54) is 12.1 Å². The average Bonchev–Trinajstić information content (AvgIpc) is 2.68. The number of hydrogen-bond acceptors (Lipinski definition) is 3. The first-order valence-electron chi connectivity index (χ1n) is 5.76. The highest BCUT2D eigenvalue weighted by molar-refractivity contribution is 7.86. The molecule has 1 unspecified atom stereocenters. The molecule has 0 fully saturated rings. The Morgan fingerprint density at radius 2 is 2.06 bits per heavy atom. The van der Waals surface area contributed by atoms with Crippen LogP contribution in [0.4, 0.5) is 3.89 Å². The minimum Gasteiger partial charge on any atom is -0.353 e. The fourth-order valence-electron chi connectivity index (χ4n) is 2.18. The van der Waals surface area contributed by atoms with E-state index in [0.717, 1.165) is 11.1 Å². The topological polar surface area (TPSA) is 63.2 Å². The second kappa shape index (κ2) is 4.68. The van der Waals surface area contributed by atoms with E-state index in [2.05, 4.69) is 5.32 Å². The molecule has 0 radical (unpaired) electrons. The van der Waals surface area contributed by atoms with Gasteiger partial charge in [-0.25, -0.2) is 0 Å². The highest BCUT2D eigenvalue weighted by atomic mass is 32.3. The van der Waals surface area contributed by atoms with Gasteiger partial charge in [0, 0.05) is 12.5 Å². The summed E-state index contributed by atoms with van der Waals surface area (Å²) in [5, 5.41) is 2.85. The molecule has 6 heteroatoms. The minimum atomic E-state index is -4.66. The van der Waals surface area contributed by atoms with E-state index in [4.69, 9.17) is 0 Å². The summed E-state index contributed by atoms with van der Waals surface area (Å²) in [6.45, 7) is 1.77. The van der Waals surface area contributed by atoms with Crippen LogP contribution in [0, 0.1) is 0 Å². The lowest BCUT2D eigenvalue weighted by Gasteiger charge is -2.10. The van der Waals surface area contributed by atoms with E-state index in [1.807, 2.05) is 0 Å². The molecule has 0 heterocycles. The zero-order chi connectivity index (χ0) is 13.3. The van der Waals surface area contributed by atoms with Crippen LogP contribution in [0.5, 0.6) is 0 Å². The Bertz CT molecular complexity index is 583. The van der Waals surface area contributed by atoms with E-state index in [1.54, 1.807) is 13.0 Å². The number of hydrogen-bond donors (Lipinski definition) is 1. The van der Waals surface area contributed by atoms with Crippen molar-refractivity contribution in [2.24, 2.45) is 0 Å².